The Morgan fingerprint density at radius 1 is 1.36 bits per heavy atom. The van der Waals surface area contributed by atoms with Gasteiger partial charge in [-0.2, -0.15) is 0 Å². The molecular formula is C12H24O2. The first-order valence-corrected chi connectivity index (χ1v) is 5.53. The van der Waals surface area contributed by atoms with Crippen LogP contribution in [0.3, 0.4) is 0 Å². The topological polar surface area (TPSA) is 26.3 Å². The molecule has 1 unspecified atom stereocenters. The van der Waals surface area contributed by atoms with Crippen molar-refractivity contribution >= 4 is 5.97 Å². The average molecular weight is 200 g/mol. The molecular weight excluding hydrogens is 176 g/mol. The molecule has 0 heterocycles. The fraction of sp³-hybridized carbons (Fsp3) is 0.917. The number of carbonyl (C=O) groups is 1. The summed E-state index contributed by atoms with van der Waals surface area (Å²) in [6, 6.07) is 0. The standard InChI is InChI=1S/C12H24O2/c1-6-7-8-14-11(13)9-10(2)12(3,4)5/h10H,6-9H2,1-5H3. The van der Waals surface area contributed by atoms with Crippen LogP contribution in [0.1, 0.15) is 53.9 Å². The Kier molecular flexibility index (Phi) is 5.82. The number of hydrogen-bond donors (Lipinski definition) is 0. The molecule has 0 aromatic carbocycles. The van der Waals surface area contributed by atoms with Gasteiger partial charge in [-0.15, -0.1) is 0 Å². The van der Waals surface area contributed by atoms with Crippen molar-refractivity contribution < 1.29 is 9.53 Å². The van der Waals surface area contributed by atoms with Crippen LogP contribution in [0.2, 0.25) is 0 Å². The molecule has 2 nitrogen and oxygen atoms in total. The Labute approximate surface area is 88.0 Å². The lowest BCUT2D eigenvalue weighted by Gasteiger charge is -2.26. The smallest absolute Gasteiger partial charge is 0.306 e. The minimum Gasteiger partial charge on any atom is -0.466 e. The second-order valence-electron chi connectivity index (χ2n) is 5.05. The van der Waals surface area contributed by atoms with E-state index in [4.69, 9.17) is 4.74 Å². The van der Waals surface area contributed by atoms with Crippen LogP contribution in [0.5, 0.6) is 0 Å². The van der Waals surface area contributed by atoms with E-state index in [-0.39, 0.29) is 11.4 Å². The van der Waals surface area contributed by atoms with Crippen LogP contribution in [-0.4, -0.2) is 12.6 Å². The number of esters is 1. The minimum atomic E-state index is -0.0547. The van der Waals surface area contributed by atoms with Crippen LogP contribution in [0.15, 0.2) is 0 Å². The summed E-state index contributed by atoms with van der Waals surface area (Å²) in [5.41, 5.74) is 0.184. The van der Waals surface area contributed by atoms with Gasteiger partial charge in [-0.25, -0.2) is 0 Å². The predicted molar refractivity (Wildman–Crippen MR) is 59.1 cm³/mol. The fourth-order valence-electron chi connectivity index (χ4n) is 0.945. The summed E-state index contributed by atoms with van der Waals surface area (Å²) >= 11 is 0. The highest BCUT2D eigenvalue weighted by molar-refractivity contribution is 5.69. The van der Waals surface area contributed by atoms with Crippen molar-refractivity contribution in [3.8, 4) is 0 Å². The van der Waals surface area contributed by atoms with Crippen molar-refractivity contribution in [3.05, 3.63) is 0 Å². The lowest BCUT2D eigenvalue weighted by atomic mass is 9.80. The number of unbranched alkanes of at least 4 members (excludes halogenated alkanes) is 1. The van der Waals surface area contributed by atoms with Crippen LogP contribution in [0, 0.1) is 11.3 Å². The highest BCUT2D eigenvalue weighted by Gasteiger charge is 2.22. The first-order chi connectivity index (χ1) is 6.38. The zero-order valence-electron chi connectivity index (χ0n) is 10.2. The maximum atomic E-state index is 11.4. The van der Waals surface area contributed by atoms with Gasteiger partial charge in [0.2, 0.25) is 0 Å². The summed E-state index contributed by atoms with van der Waals surface area (Å²) in [7, 11) is 0. The highest BCUT2D eigenvalue weighted by atomic mass is 16.5. The molecule has 0 aliphatic rings. The molecule has 0 rings (SSSR count). The van der Waals surface area contributed by atoms with Crippen LogP contribution in [0.25, 0.3) is 0 Å². The zero-order valence-corrected chi connectivity index (χ0v) is 10.2. The van der Waals surface area contributed by atoms with Gasteiger partial charge < -0.3 is 4.74 Å². The summed E-state index contributed by atoms with van der Waals surface area (Å²) < 4.78 is 5.11. The monoisotopic (exact) mass is 200 g/mol. The van der Waals surface area contributed by atoms with Crippen molar-refractivity contribution in [3.63, 3.8) is 0 Å². The maximum absolute atomic E-state index is 11.4. The maximum Gasteiger partial charge on any atom is 0.306 e. The Morgan fingerprint density at radius 3 is 2.36 bits per heavy atom. The number of ether oxygens (including phenoxy) is 1. The van der Waals surface area contributed by atoms with E-state index in [9.17, 15) is 4.79 Å². The van der Waals surface area contributed by atoms with E-state index in [1.807, 2.05) is 0 Å². The van der Waals surface area contributed by atoms with E-state index >= 15 is 0 Å². The van der Waals surface area contributed by atoms with Crippen LogP contribution >= 0.6 is 0 Å². The van der Waals surface area contributed by atoms with E-state index < -0.39 is 0 Å². The molecule has 0 aliphatic heterocycles. The van der Waals surface area contributed by atoms with Gasteiger partial charge in [-0.05, 0) is 17.8 Å². The van der Waals surface area contributed by atoms with Gasteiger partial charge in [0, 0.05) is 6.42 Å². The Balaban J connectivity index is 3.72. The zero-order chi connectivity index (χ0) is 11.2. The molecule has 0 saturated carbocycles. The first-order valence-electron chi connectivity index (χ1n) is 5.53. The summed E-state index contributed by atoms with van der Waals surface area (Å²) in [5.74, 6) is 0.317. The van der Waals surface area contributed by atoms with E-state index in [1.165, 1.54) is 0 Å². The molecule has 0 aromatic rings. The molecule has 0 radical (unpaired) electrons. The van der Waals surface area contributed by atoms with Gasteiger partial charge in [0.05, 0.1) is 6.61 Å². The van der Waals surface area contributed by atoms with Gasteiger partial charge in [-0.1, -0.05) is 41.0 Å². The van der Waals surface area contributed by atoms with Gasteiger partial charge in [0.25, 0.3) is 0 Å². The highest BCUT2D eigenvalue weighted by Crippen LogP contribution is 2.28. The Hall–Kier alpha value is -0.530. The first kappa shape index (κ1) is 13.5. The third-order valence-electron chi connectivity index (χ3n) is 2.71. The van der Waals surface area contributed by atoms with Crippen LogP contribution in [0.4, 0.5) is 0 Å². The SMILES string of the molecule is CCCCOC(=O)CC(C)C(C)(C)C. The van der Waals surface area contributed by atoms with Crippen molar-refractivity contribution in [1.82, 2.24) is 0 Å². The van der Waals surface area contributed by atoms with Crippen molar-refractivity contribution in [2.45, 2.75) is 53.9 Å². The average Bonchev–Trinajstić information content (AvgIpc) is 2.03. The molecule has 0 aliphatic carbocycles. The van der Waals surface area contributed by atoms with Gasteiger partial charge in [-0.3, -0.25) is 4.79 Å². The van der Waals surface area contributed by atoms with Crippen molar-refractivity contribution in [2.75, 3.05) is 6.61 Å². The van der Waals surface area contributed by atoms with Gasteiger partial charge >= 0.3 is 5.97 Å². The molecule has 0 amide bonds. The minimum absolute atomic E-state index is 0.0547. The molecule has 2 heteroatoms. The molecule has 14 heavy (non-hydrogen) atoms. The lowest BCUT2D eigenvalue weighted by molar-refractivity contribution is -0.145. The quantitative estimate of drug-likeness (QED) is 0.502. The second-order valence-corrected chi connectivity index (χ2v) is 5.05. The summed E-state index contributed by atoms with van der Waals surface area (Å²) in [6.45, 7) is 11.2. The Morgan fingerprint density at radius 2 is 1.93 bits per heavy atom. The number of rotatable bonds is 5. The van der Waals surface area contributed by atoms with Crippen molar-refractivity contribution in [2.24, 2.45) is 11.3 Å². The van der Waals surface area contributed by atoms with E-state index in [1.54, 1.807) is 0 Å². The van der Waals surface area contributed by atoms with Crippen LogP contribution in [-0.2, 0) is 9.53 Å². The third-order valence-corrected chi connectivity index (χ3v) is 2.71. The largest absolute Gasteiger partial charge is 0.466 e. The molecule has 0 bridgehead atoms. The molecule has 0 saturated heterocycles. The molecule has 0 aromatic heterocycles. The fourth-order valence-corrected chi connectivity index (χ4v) is 0.945. The number of carbonyl (C=O) groups excluding carboxylic acids is 1. The normalized spacial score (nSPS) is 13.8. The lowest BCUT2D eigenvalue weighted by Crippen LogP contribution is -2.21. The molecule has 0 spiro atoms. The summed E-state index contributed by atoms with van der Waals surface area (Å²) in [6.07, 6.45) is 2.57. The van der Waals surface area contributed by atoms with E-state index in [0.29, 0.717) is 18.9 Å². The van der Waals surface area contributed by atoms with Gasteiger partial charge in [0.15, 0.2) is 0 Å². The molecule has 1 atom stereocenters. The molecule has 84 valence electrons. The predicted octanol–water partition coefficient (Wildman–Crippen LogP) is 3.40. The van der Waals surface area contributed by atoms with E-state index in [2.05, 4.69) is 34.6 Å². The van der Waals surface area contributed by atoms with Gasteiger partial charge in [0.1, 0.15) is 0 Å². The second kappa shape index (κ2) is 6.05. The summed E-state index contributed by atoms with van der Waals surface area (Å²) in [4.78, 5) is 11.4. The summed E-state index contributed by atoms with van der Waals surface area (Å²) in [5, 5.41) is 0. The molecule has 0 fully saturated rings. The molecule has 0 N–H and O–H groups in total. The number of hydrogen-bond acceptors (Lipinski definition) is 2. The van der Waals surface area contributed by atoms with Crippen molar-refractivity contribution in [1.29, 1.82) is 0 Å². The third kappa shape index (κ3) is 6.01. The van der Waals surface area contributed by atoms with Crippen LogP contribution < -0.4 is 0 Å². The Bertz CT molecular complexity index is 168. The van der Waals surface area contributed by atoms with E-state index in [0.717, 1.165) is 12.8 Å².